The van der Waals surface area contributed by atoms with Gasteiger partial charge in [-0.1, -0.05) is 6.92 Å². The van der Waals surface area contributed by atoms with Crippen LogP contribution < -0.4 is 0 Å². The van der Waals surface area contributed by atoms with E-state index in [-0.39, 0.29) is 6.04 Å². The summed E-state index contributed by atoms with van der Waals surface area (Å²) in [5, 5.41) is 8.15. The van der Waals surface area contributed by atoms with Crippen LogP contribution in [0, 0.1) is 0 Å². The molecule has 1 unspecified atom stereocenters. The van der Waals surface area contributed by atoms with Gasteiger partial charge in [0.15, 0.2) is 0 Å². The van der Waals surface area contributed by atoms with Gasteiger partial charge in [0.05, 0.1) is 11.7 Å². The van der Waals surface area contributed by atoms with E-state index in [1.54, 1.807) is 6.33 Å². The molecule has 6 nitrogen and oxygen atoms in total. The fourth-order valence-corrected chi connectivity index (χ4v) is 2.34. The van der Waals surface area contributed by atoms with Gasteiger partial charge in [0.25, 0.3) is 0 Å². The number of nitrogens with zero attached hydrogens (tertiary/aromatic N) is 5. The number of hydrogen-bond donors (Lipinski definition) is 0. The standard InChI is InChI=1S/C13H17N5O/c1-3-12-16-17-13(19-12)9(2)18-5-4-10-6-14-8-15-11(10)7-18/h6,8-9H,3-5,7H2,1-2H3. The van der Waals surface area contributed by atoms with Crippen LogP contribution in [0.1, 0.15) is 42.9 Å². The zero-order valence-corrected chi connectivity index (χ0v) is 11.2. The third-order valence-electron chi connectivity index (χ3n) is 3.59. The third kappa shape index (κ3) is 2.35. The molecule has 1 aliphatic rings. The lowest BCUT2D eigenvalue weighted by atomic mass is 10.1. The van der Waals surface area contributed by atoms with Gasteiger partial charge >= 0.3 is 0 Å². The van der Waals surface area contributed by atoms with E-state index in [4.69, 9.17) is 4.42 Å². The Morgan fingerprint density at radius 2 is 2.32 bits per heavy atom. The molecule has 3 rings (SSSR count). The second-order valence-electron chi connectivity index (χ2n) is 4.78. The summed E-state index contributed by atoms with van der Waals surface area (Å²) in [4.78, 5) is 10.7. The van der Waals surface area contributed by atoms with Crippen molar-refractivity contribution in [2.24, 2.45) is 0 Å². The smallest absolute Gasteiger partial charge is 0.233 e. The van der Waals surface area contributed by atoms with Crippen LogP contribution >= 0.6 is 0 Å². The van der Waals surface area contributed by atoms with Crippen LogP contribution in [0.25, 0.3) is 0 Å². The van der Waals surface area contributed by atoms with Gasteiger partial charge in [-0.25, -0.2) is 9.97 Å². The van der Waals surface area contributed by atoms with Crippen molar-refractivity contribution in [3.8, 4) is 0 Å². The molecule has 1 atom stereocenters. The average Bonchev–Trinajstić information content (AvgIpc) is 2.95. The van der Waals surface area contributed by atoms with Crippen LogP contribution in [-0.4, -0.2) is 31.6 Å². The Labute approximate surface area is 111 Å². The molecule has 2 aromatic rings. The van der Waals surface area contributed by atoms with E-state index in [9.17, 15) is 0 Å². The molecule has 1 aliphatic heterocycles. The van der Waals surface area contributed by atoms with Crippen molar-refractivity contribution >= 4 is 0 Å². The summed E-state index contributed by atoms with van der Waals surface area (Å²) < 4.78 is 5.64. The highest BCUT2D eigenvalue weighted by Crippen LogP contribution is 2.25. The first-order valence-electron chi connectivity index (χ1n) is 6.62. The Bertz CT molecular complexity index is 568. The van der Waals surface area contributed by atoms with Crippen LogP contribution in [0.4, 0.5) is 0 Å². The van der Waals surface area contributed by atoms with Crippen molar-refractivity contribution in [3.05, 3.63) is 35.6 Å². The second-order valence-corrected chi connectivity index (χ2v) is 4.78. The maximum atomic E-state index is 5.64. The van der Waals surface area contributed by atoms with Crippen molar-refractivity contribution in [1.82, 2.24) is 25.1 Å². The summed E-state index contributed by atoms with van der Waals surface area (Å²) in [6, 6.07) is 0.121. The molecule has 0 amide bonds. The number of rotatable bonds is 3. The second kappa shape index (κ2) is 5.05. The van der Waals surface area contributed by atoms with E-state index >= 15 is 0 Å². The summed E-state index contributed by atoms with van der Waals surface area (Å²) in [6.45, 7) is 5.88. The van der Waals surface area contributed by atoms with Gasteiger partial charge in [-0.2, -0.15) is 0 Å². The van der Waals surface area contributed by atoms with Gasteiger partial charge in [-0.3, -0.25) is 4.90 Å². The maximum absolute atomic E-state index is 5.64. The van der Waals surface area contributed by atoms with Crippen LogP contribution in [0.2, 0.25) is 0 Å². The Morgan fingerprint density at radius 1 is 1.42 bits per heavy atom. The van der Waals surface area contributed by atoms with E-state index in [1.807, 2.05) is 13.1 Å². The van der Waals surface area contributed by atoms with Crippen LogP contribution in [0.3, 0.4) is 0 Å². The maximum Gasteiger partial charge on any atom is 0.233 e. The molecular weight excluding hydrogens is 242 g/mol. The zero-order chi connectivity index (χ0) is 13.2. The fraction of sp³-hybridized carbons (Fsp3) is 0.538. The van der Waals surface area contributed by atoms with E-state index in [0.717, 1.165) is 31.6 Å². The highest BCUT2D eigenvalue weighted by molar-refractivity contribution is 5.19. The Hall–Kier alpha value is -1.82. The molecule has 0 saturated carbocycles. The first kappa shape index (κ1) is 12.2. The van der Waals surface area contributed by atoms with Crippen molar-refractivity contribution in [2.45, 2.75) is 39.3 Å². The lowest BCUT2D eigenvalue weighted by Gasteiger charge is -2.30. The van der Waals surface area contributed by atoms with E-state index in [1.165, 1.54) is 5.56 Å². The average molecular weight is 259 g/mol. The SMILES string of the molecule is CCc1nnc(C(C)N2CCc3cncnc3C2)o1. The van der Waals surface area contributed by atoms with Gasteiger partial charge in [0.2, 0.25) is 11.8 Å². The van der Waals surface area contributed by atoms with E-state index in [2.05, 4.69) is 32.0 Å². The van der Waals surface area contributed by atoms with Crippen molar-refractivity contribution in [2.75, 3.05) is 6.54 Å². The molecule has 2 aromatic heterocycles. The first-order valence-corrected chi connectivity index (χ1v) is 6.62. The summed E-state index contributed by atoms with van der Waals surface area (Å²) in [5.74, 6) is 1.39. The minimum Gasteiger partial charge on any atom is -0.424 e. The predicted octanol–water partition coefficient (Wildman–Crippen LogP) is 1.54. The van der Waals surface area contributed by atoms with Crippen molar-refractivity contribution in [3.63, 3.8) is 0 Å². The Kier molecular flexibility index (Phi) is 3.25. The Morgan fingerprint density at radius 3 is 3.11 bits per heavy atom. The highest BCUT2D eigenvalue weighted by Gasteiger charge is 2.25. The molecule has 6 heteroatoms. The molecule has 100 valence electrons. The molecule has 0 aliphatic carbocycles. The van der Waals surface area contributed by atoms with Crippen molar-refractivity contribution in [1.29, 1.82) is 0 Å². The van der Waals surface area contributed by atoms with Crippen molar-refractivity contribution < 1.29 is 4.42 Å². The molecule has 0 N–H and O–H groups in total. The highest BCUT2D eigenvalue weighted by atomic mass is 16.4. The molecule has 0 spiro atoms. The molecule has 0 saturated heterocycles. The van der Waals surface area contributed by atoms with Crippen LogP contribution in [-0.2, 0) is 19.4 Å². The fourth-order valence-electron chi connectivity index (χ4n) is 2.34. The molecular formula is C13H17N5O. The molecule has 0 bridgehead atoms. The number of aryl methyl sites for hydroxylation is 1. The number of aromatic nitrogens is 4. The molecule has 0 radical (unpaired) electrons. The minimum absolute atomic E-state index is 0.121. The molecule has 3 heterocycles. The first-order chi connectivity index (χ1) is 9.28. The monoisotopic (exact) mass is 259 g/mol. The largest absolute Gasteiger partial charge is 0.424 e. The van der Waals surface area contributed by atoms with Gasteiger partial charge in [0.1, 0.15) is 6.33 Å². The lowest BCUT2D eigenvalue weighted by Crippen LogP contribution is -2.33. The third-order valence-corrected chi connectivity index (χ3v) is 3.59. The molecule has 0 aromatic carbocycles. The summed E-state index contributed by atoms with van der Waals surface area (Å²) in [6.07, 6.45) is 5.26. The van der Waals surface area contributed by atoms with Gasteiger partial charge in [0, 0.05) is 25.7 Å². The van der Waals surface area contributed by atoms with Gasteiger partial charge in [-0.15, -0.1) is 10.2 Å². The van der Waals surface area contributed by atoms with E-state index in [0.29, 0.717) is 11.8 Å². The van der Waals surface area contributed by atoms with Gasteiger partial charge in [-0.05, 0) is 18.9 Å². The Balaban J connectivity index is 1.77. The zero-order valence-electron chi connectivity index (χ0n) is 11.2. The predicted molar refractivity (Wildman–Crippen MR) is 68.2 cm³/mol. The van der Waals surface area contributed by atoms with Gasteiger partial charge < -0.3 is 4.42 Å². The summed E-state index contributed by atoms with van der Waals surface area (Å²) >= 11 is 0. The lowest BCUT2D eigenvalue weighted by molar-refractivity contribution is 0.162. The quantitative estimate of drug-likeness (QED) is 0.833. The normalized spacial score (nSPS) is 17.2. The summed E-state index contributed by atoms with van der Waals surface area (Å²) in [5.41, 5.74) is 2.34. The molecule has 19 heavy (non-hydrogen) atoms. The van der Waals surface area contributed by atoms with Crippen LogP contribution in [0.5, 0.6) is 0 Å². The van der Waals surface area contributed by atoms with E-state index < -0.39 is 0 Å². The molecule has 0 fully saturated rings. The minimum atomic E-state index is 0.121. The number of hydrogen-bond acceptors (Lipinski definition) is 6. The number of fused-ring (bicyclic) bond motifs is 1. The topological polar surface area (TPSA) is 67.9 Å². The van der Waals surface area contributed by atoms with Crippen LogP contribution in [0.15, 0.2) is 16.9 Å². The summed E-state index contributed by atoms with van der Waals surface area (Å²) in [7, 11) is 0.